The van der Waals surface area contributed by atoms with Crippen molar-refractivity contribution >= 4 is 41.0 Å². The quantitative estimate of drug-likeness (QED) is 0.608. The number of anilines is 1. The van der Waals surface area contributed by atoms with Gasteiger partial charge in [0.15, 0.2) is 0 Å². The van der Waals surface area contributed by atoms with Crippen LogP contribution in [0.25, 0.3) is 0 Å². The Kier molecular flexibility index (Phi) is 6.26. The van der Waals surface area contributed by atoms with E-state index in [4.69, 9.17) is 5.26 Å². The van der Waals surface area contributed by atoms with Crippen molar-refractivity contribution in [3.05, 3.63) is 80.5 Å². The molecule has 162 valence electrons. The summed E-state index contributed by atoms with van der Waals surface area (Å²) in [5.41, 5.74) is 2.42. The van der Waals surface area contributed by atoms with E-state index in [2.05, 4.69) is 16.0 Å². The number of allylic oxidation sites excluding steroid dienone is 1. The van der Waals surface area contributed by atoms with Crippen LogP contribution in [0.1, 0.15) is 40.7 Å². The van der Waals surface area contributed by atoms with E-state index in [-0.39, 0.29) is 29.3 Å². The number of carbonyl (C=O) groups is 2. The second kappa shape index (κ2) is 9.10. The molecule has 32 heavy (non-hydrogen) atoms. The van der Waals surface area contributed by atoms with Gasteiger partial charge in [-0.3, -0.25) is 9.59 Å². The molecule has 0 saturated carbocycles. The number of rotatable bonds is 4. The molecule has 0 bridgehead atoms. The molecular weight excluding hydrogens is 447 g/mol. The van der Waals surface area contributed by atoms with Crippen LogP contribution in [0.2, 0.25) is 0 Å². The molecule has 6 nitrogen and oxygen atoms in total. The smallest absolute Gasteiger partial charge is 0.252 e. The first-order valence-electron chi connectivity index (χ1n) is 9.76. The van der Waals surface area contributed by atoms with Gasteiger partial charge in [0.05, 0.1) is 23.9 Å². The van der Waals surface area contributed by atoms with Crippen molar-refractivity contribution in [1.29, 1.82) is 5.26 Å². The highest BCUT2D eigenvalue weighted by atomic mass is 32.2. The van der Waals surface area contributed by atoms with Crippen LogP contribution in [0.5, 0.6) is 0 Å². The van der Waals surface area contributed by atoms with E-state index in [1.165, 1.54) is 29.6 Å². The zero-order chi connectivity index (χ0) is 22.8. The summed E-state index contributed by atoms with van der Waals surface area (Å²) in [6, 6.07) is 11.5. The van der Waals surface area contributed by atoms with Gasteiger partial charge in [0, 0.05) is 32.7 Å². The molecule has 0 radical (unpaired) electrons. The normalized spacial score (nSPS) is 17.5. The second-order valence-corrected chi connectivity index (χ2v) is 9.74. The van der Waals surface area contributed by atoms with Gasteiger partial charge in [0.1, 0.15) is 11.2 Å². The largest absolute Gasteiger partial charge is 0.374 e. The number of hydrogen-bond donors (Lipinski definition) is 3. The molecule has 1 atom stereocenters. The second-order valence-electron chi connectivity index (χ2n) is 7.25. The molecule has 2 aliphatic heterocycles. The molecule has 3 N–H and O–H groups in total. The molecule has 2 aromatic carbocycles. The van der Waals surface area contributed by atoms with E-state index in [9.17, 15) is 14.0 Å². The van der Waals surface area contributed by atoms with E-state index < -0.39 is 5.82 Å². The summed E-state index contributed by atoms with van der Waals surface area (Å²) >= 11 is 2.90. The van der Waals surface area contributed by atoms with Crippen molar-refractivity contribution in [1.82, 2.24) is 10.6 Å². The summed E-state index contributed by atoms with van der Waals surface area (Å²) in [7, 11) is 0. The van der Waals surface area contributed by atoms with Gasteiger partial charge in [-0.1, -0.05) is 29.6 Å². The number of fused-ring (bicyclic) bond motifs is 1. The molecule has 2 amide bonds. The molecule has 4 rings (SSSR count). The lowest BCUT2D eigenvalue weighted by Crippen LogP contribution is -2.25. The van der Waals surface area contributed by atoms with E-state index in [0.717, 1.165) is 14.7 Å². The molecule has 0 spiro atoms. The first kappa shape index (κ1) is 22.0. The predicted octanol–water partition coefficient (Wildman–Crippen LogP) is 4.64. The summed E-state index contributed by atoms with van der Waals surface area (Å²) in [5, 5.41) is 17.4. The van der Waals surface area contributed by atoms with Crippen LogP contribution >= 0.6 is 23.5 Å². The van der Waals surface area contributed by atoms with Gasteiger partial charge in [0.25, 0.3) is 11.8 Å². The van der Waals surface area contributed by atoms with Crippen LogP contribution < -0.4 is 16.0 Å². The minimum absolute atomic E-state index is 0.175. The Morgan fingerprint density at radius 3 is 2.81 bits per heavy atom. The fourth-order valence-corrected chi connectivity index (χ4v) is 5.17. The molecule has 9 heteroatoms. The van der Waals surface area contributed by atoms with Crippen molar-refractivity contribution in [2.75, 3.05) is 11.9 Å². The Balaban J connectivity index is 1.38. The Hall–Kier alpha value is -3.22. The highest BCUT2D eigenvalue weighted by Gasteiger charge is 2.23. The zero-order valence-electron chi connectivity index (χ0n) is 17.3. The highest BCUT2D eigenvalue weighted by Crippen LogP contribution is 2.39. The van der Waals surface area contributed by atoms with E-state index in [1.54, 1.807) is 37.4 Å². The van der Waals surface area contributed by atoms with Crippen molar-refractivity contribution in [2.24, 2.45) is 0 Å². The maximum atomic E-state index is 14.3. The SMILES string of the molecule is CC1=C(C)C(=O)Nc2cc(C(=O)NCC3=CNC(c4ccc(C#N)cc4F)S3)ccc2S1. The highest BCUT2D eigenvalue weighted by molar-refractivity contribution is 8.03. The molecule has 0 aromatic heterocycles. The minimum Gasteiger partial charge on any atom is -0.374 e. The van der Waals surface area contributed by atoms with Crippen molar-refractivity contribution < 1.29 is 14.0 Å². The fourth-order valence-electron chi connectivity index (χ4n) is 3.19. The molecule has 2 aliphatic rings. The standard InChI is InChI=1S/C23H19FN4O2S2/c1-12-13(2)31-20-6-4-15(8-19(20)28-21(12)29)22(30)26-10-16-11-27-23(32-16)17-5-3-14(9-25)7-18(17)24/h3-8,11,23,27H,10H2,1-2H3,(H,26,30)(H,28,29). The third kappa shape index (κ3) is 4.52. The van der Waals surface area contributed by atoms with Crippen molar-refractivity contribution in [2.45, 2.75) is 24.1 Å². The lowest BCUT2D eigenvalue weighted by molar-refractivity contribution is -0.112. The van der Waals surface area contributed by atoms with Crippen LogP contribution in [-0.2, 0) is 4.79 Å². The number of carbonyl (C=O) groups excluding carboxylic acids is 2. The minimum atomic E-state index is -0.447. The Morgan fingerprint density at radius 2 is 2.06 bits per heavy atom. The van der Waals surface area contributed by atoms with Crippen molar-refractivity contribution in [3.8, 4) is 6.07 Å². The third-order valence-corrected chi connectivity index (χ3v) is 7.50. The predicted molar refractivity (Wildman–Crippen MR) is 124 cm³/mol. The van der Waals surface area contributed by atoms with E-state index in [1.807, 2.05) is 19.1 Å². The molecule has 0 aliphatic carbocycles. The Morgan fingerprint density at radius 1 is 1.25 bits per heavy atom. The number of halogens is 1. The van der Waals surface area contributed by atoms with Crippen molar-refractivity contribution in [3.63, 3.8) is 0 Å². The molecule has 0 fully saturated rings. The van der Waals surface area contributed by atoms with Gasteiger partial charge in [-0.2, -0.15) is 5.26 Å². The number of thioether (sulfide) groups is 2. The van der Waals surface area contributed by atoms with Gasteiger partial charge >= 0.3 is 0 Å². The number of nitriles is 1. The fraction of sp³-hybridized carbons (Fsp3) is 0.174. The van der Waals surface area contributed by atoms with Gasteiger partial charge in [-0.05, 0) is 49.1 Å². The number of amides is 2. The molecule has 2 heterocycles. The summed E-state index contributed by atoms with van der Waals surface area (Å²) in [6.07, 6.45) is 1.75. The first-order chi connectivity index (χ1) is 15.4. The average molecular weight is 467 g/mol. The monoisotopic (exact) mass is 466 g/mol. The lowest BCUT2D eigenvalue weighted by atomic mass is 10.1. The number of hydrogen-bond acceptors (Lipinski definition) is 6. The molecule has 2 aromatic rings. The summed E-state index contributed by atoms with van der Waals surface area (Å²) < 4.78 is 14.3. The van der Waals surface area contributed by atoms with E-state index in [0.29, 0.717) is 22.4 Å². The topological polar surface area (TPSA) is 94.0 Å². The first-order valence-corrected chi connectivity index (χ1v) is 11.5. The Labute approximate surface area is 193 Å². The summed E-state index contributed by atoms with van der Waals surface area (Å²) in [5.74, 6) is -0.893. The van der Waals surface area contributed by atoms with E-state index >= 15 is 0 Å². The van der Waals surface area contributed by atoms with Gasteiger partial charge in [0.2, 0.25) is 0 Å². The Bertz CT molecular complexity index is 1230. The zero-order valence-corrected chi connectivity index (χ0v) is 18.9. The third-order valence-electron chi connectivity index (χ3n) is 5.12. The van der Waals surface area contributed by atoms with Crippen LogP contribution in [0.4, 0.5) is 10.1 Å². The average Bonchev–Trinajstić information content (AvgIpc) is 3.22. The maximum absolute atomic E-state index is 14.3. The number of nitrogens with one attached hydrogen (secondary N) is 3. The maximum Gasteiger partial charge on any atom is 0.252 e. The van der Waals surface area contributed by atoms with Gasteiger partial charge in [-0.25, -0.2) is 4.39 Å². The number of benzene rings is 2. The van der Waals surface area contributed by atoms with Crippen LogP contribution in [0.15, 0.2) is 62.9 Å². The molecule has 1 unspecified atom stereocenters. The molecule has 0 saturated heterocycles. The summed E-state index contributed by atoms with van der Waals surface area (Å²) in [6.45, 7) is 3.95. The van der Waals surface area contributed by atoms with Crippen LogP contribution in [0.3, 0.4) is 0 Å². The molecular formula is C23H19FN4O2S2. The summed E-state index contributed by atoms with van der Waals surface area (Å²) in [4.78, 5) is 27.6. The lowest BCUT2D eigenvalue weighted by Gasteiger charge is -2.13. The van der Waals surface area contributed by atoms with Crippen LogP contribution in [0, 0.1) is 17.1 Å². The van der Waals surface area contributed by atoms with Crippen LogP contribution in [-0.4, -0.2) is 18.4 Å². The van der Waals surface area contributed by atoms with Gasteiger partial charge in [-0.15, -0.1) is 0 Å². The number of nitrogens with zero attached hydrogens (tertiary/aromatic N) is 1. The van der Waals surface area contributed by atoms with Gasteiger partial charge < -0.3 is 16.0 Å².